The highest BCUT2D eigenvalue weighted by Crippen LogP contribution is 2.49. The maximum atomic E-state index is 11.9. The predicted molar refractivity (Wildman–Crippen MR) is 77.3 cm³/mol. The van der Waals surface area contributed by atoms with E-state index in [1.165, 1.54) is 0 Å². The van der Waals surface area contributed by atoms with E-state index in [-0.39, 0.29) is 0 Å². The van der Waals surface area contributed by atoms with Crippen LogP contribution < -0.4 is 4.74 Å². The lowest BCUT2D eigenvalue weighted by atomic mass is 9.77. The van der Waals surface area contributed by atoms with Crippen molar-refractivity contribution in [2.45, 2.75) is 42.9 Å². The standard InChI is InChI=1S/C15H20O3S/c1-10-6-7-11(19-3)12(13(10)18-2)15(14(16)17)8-4-5-9-15/h6-7H,4-5,8-9H2,1-3H3,(H,16,17). The Hall–Kier alpha value is -1.16. The van der Waals surface area contributed by atoms with Gasteiger partial charge in [0.25, 0.3) is 0 Å². The van der Waals surface area contributed by atoms with Crippen LogP contribution in [-0.2, 0) is 10.2 Å². The summed E-state index contributed by atoms with van der Waals surface area (Å²) in [5.41, 5.74) is 1.12. The number of rotatable bonds is 4. The number of aliphatic carboxylic acids is 1. The number of carboxylic acid groups (broad SMARTS) is 1. The molecule has 0 radical (unpaired) electrons. The summed E-state index contributed by atoms with van der Waals surface area (Å²) in [7, 11) is 1.63. The third-order valence-corrected chi connectivity index (χ3v) is 4.87. The Kier molecular flexibility index (Phi) is 4.09. The van der Waals surface area contributed by atoms with E-state index in [4.69, 9.17) is 4.74 Å². The molecule has 0 heterocycles. The van der Waals surface area contributed by atoms with Crippen LogP contribution in [0.1, 0.15) is 36.8 Å². The Morgan fingerprint density at radius 1 is 1.37 bits per heavy atom. The molecule has 0 aromatic heterocycles. The number of methoxy groups -OCH3 is 1. The zero-order valence-electron chi connectivity index (χ0n) is 11.7. The first-order valence-corrected chi connectivity index (χ1v) is 7.75. The Morgan fingerprint density at radius 2 is 2.00 bits per heavy atom. The highest BCUT2D eigenvalue weighted by molar-refractivity contribution is 7.98. The molecule has 0 spiro atoms. The van der Waals surface area contributed by atoms with E-state index >= 15 is 0 Å². The van der Waals surface area contributed by atoms with Gasteiger partial charge in [-0.15, -0.1) is 11.8 Å². The van der Waals surface area contributed by atoms with Gasteiger partial charge in [0.05, 0.1) is 12.5 Å². The van der Waals surface area contributed by atoms with Crippen molar-refractivity contribution in [2.75, 3.05) is 13.4 Å². The maximum absolute atomic E-state index is 11.9. The smallest absolute Gasteiger partial charge is 0.314 e. The quantitative estimate of drug-likeness (QED) is 0.856. The maximum Gasteiger partial charge on any atom is 0.314 e. The van der Waals surface area contributed by atoms with E-state index in [9.17, 15) is 9.90 Å². The van der Waals surface area contributed by atoms with Crippen molar-refractivity contribution in [3.63, 3.8) is 0 Å². The largest absolute Gasteiger partial charge is 0.496 e. The summed E-state index contributed by atoms with van der Waals surface area (Å²) in [6, 6.07) is 4.01. The molecule has 1 aliphatic carbocycles. The second-order valence-electron chi connectivity index (χ2n) is 5.09. The van der Waals surface area contributed by atoms with Gasteiger partial charge in [0.15, 0.2) is 0 Å². The van der Waals surface area contributed by atoms with E-state index in [2.05, 4.69) is 0 Å². The van der Waals surface area contributed by atoms with Gasteiger partial charge in [0.1, 0.15) is 5.75 Å². The number of hydrogen-bond acceptors (Lipinski definition) is 3. The minimum absolute atomic E-state index is 0.704. The number of benzene rings is 1. The lowest BCUT2D eigenvalue weighted by molar-refractivity contribution is -0.143. The summed E-state index contributed by atoms with van der Waals surface area (Å²) < 4.78 is 5.53. The molecule has 0 saturated heterocycles. The molecule has 0 atom stereocenters. The molecule has 0 amide bonds. The number of ether oxygens (including phenoxy) is 1. The monoisotopic (exact) mass is 280 g/mol. The van der Waals surface area contributed by atoms with Gasteiger partial charge in [-0.2, -0.15) is 0 Å². The summed E-state index contributed by atoms with van der Waals surface area (Å²) in [5, 5.41) is 9.78. The van der Waals surface area contributed by atoms with Gasteiger partial charge in [0, 0.05) is 10.5 Å². The molecule has 3 nitrogen and oxygen atoms in total. The van der Waals surface area contributed by atoms with Crippen LogP contribution >= 0.6 is 11.8 Å². The number of carboxylic acids is 1. The van der Waals surface area contributed by atoms with Gasteiger partial charge < -0.3 is 9.84 Å². The van der Waals surface area contributed by atoms with Crippen LogP contribution in [-0.4, -0.2) is 24.4 Å². The predicted octanol–water partition coefficient (Wildman–Crippen LogP) is 3.62. The highest BCUT2D eigenvalue weighted by atomic mass is 32.2. The molecule has 1 saturated carbocycles. The first kappa shape index (κ1) is 14.3. The molecule has 0 bridgehead atoms. The van der Waals surface area contributed by atoms with Gasteiger partial charge in [-0.1, -0.05) is 18.9 Å². The van der Waals surface area contributed by atoms with E-state index < -0.39 is 11.4 Å². The van der Waals surface area contributed by atoms with Gasteiger partial charge in [-0.25, -0.2) is 0 Å². The van der Waals surface area contributed by atoms with Crippen molar-refractivity contribution < 1.29 is 14.6 Å². The fourth-order valence-electron chi connectivity index (χ4n) is 3.10. The zero-order chi connectivity index (χ0) is 14.0. The van der Waals surface area contributed by atoms with Crippen molar-refractivity contribution in [1.82, 2.24) is 0 Å². The number of hydrogen-bond donors (Lipinski definition) is 1. The van der Waals surface area contributed by atoms with Gasteiger partial charge in [-0.3, -0.25) is 4.79 Å². The average molecular weight is 280 g/mol. The third kappa shape index (κ3) is 2.22. The van der Waals surface area contributed by atoms with Crippen molar-refractivity contribution in [2.24, 2.45) is 0 Å². The van der Waals surface area contributed by atoms with Crippen molar-refractivity contribution >= 4 is 17.7 Å². The van der Waals surface area contributed by atoms with E-state index in [0.29, 0.717) is 12.8 Å². The second-order valence-corrected chi connectivity index (χ2v) is 5.94. The summed E-state index contributed by atoms with van der Waals surface area (Å²) in [4.78, 5) is 12.9. The minimum atomic E-state index is -0.768. The van der Waals surface area contributed by atoms with Crippen LogP contribution in [0.4, 0.5) is 0 Å². The normalized spacial score (nSPS) is 17.4. The highest BCUT2D eigenvalue weighted by Gasteiger charge is 2.46. The second kappa shape index (κ2) is 5.45. The van der Waals surface area contributed by atoms with Crippen molar-refractivity contribution in [3.05, 3.63) is 23.3 Å². The van der Waals surface area contributed by atoms with E-state index in [1.54, 1.807) is 18.9 Å². The molecular weight excluding hydrogens is 260 g/mol. The molecule has 1 aromatic carbocycles. The lowest BCUT2D eigenvalue weighted by Crippen LogP contribution is -2.33. The first-order valence-electron chi connectivity index (χ1n) is 6.52. The molecule has 19 heavy (non-hydrogen) atoms. The zero-order valence-corrected chi connectivity index (χ0v) is 12.5. The minimum Gasteiger partial charge on any atom is -0.496 e. The number of aryl methyl sites for hydroxylation is 1. The van der Waals surface area contributed by atoms with Gasteiger partial charge >= 0.3 is 5.97 Å². The van der Waals surface area contributed by atoms with E-state index in [1.807, 2.05) is 25.3 Å². The SMILES string of the molecule is COc1c(C)ccc(SC)c1C1(C(=O)O)CCCC1. The van der Waals surface area contributed by atoms with Crippen LogP contribution in [0.5, 0.6) is 5.75 Å². The van der Waals surface area contributed by atoms with Gasteiger partial charge in [-0.05, 0) is 37.7 Å². The molecule has 1 aliphatic rings. The lowest BCUT2D eigenvalue weighted by Gasteiger charge is -2.29. The van der Waals surface area contributed by atoms with Gasteiger partial charge in [0.2, 0.25) is 0 Å². The average Bonchev–Trinajstić information content (AvgIpc) is 2.88. The van der Waals surface area contributed by atoms with Crippen molar-refractivity contribution in [3.8, 4) is 5.75 Å². The molecule has 0 unspecified atom stereocenters. The summed E-state index contributed by atoms with van der Waals surface area (Å²) in [6.07, 6.45) is 5.33. The summed E-state index contributed by atoms with van der Waals surface area (Å²) >= 11 is 1.59. The van der Waals surface area contributed by atoms with Crippen molar-refractivity contribution in [1.29, 1.82) is 0 Å². The molecule has 104 valence electrons. The molecule has 2 rings (SSSR count). The molecule has 0 aliphatic heterocycles. The Labute approximate surface area is 118 Å². The Morgan fingerprint density at radius 3 is 2.47 bits per heavy atom. The number of carbonyl (C=O) groups is 1. The van der Waals surface area contributed by atoms with Crippen LogP contribution in [0.15, 0.2) is 17.0 Å². The third-order valence-electron chi connectivity index (χ3n) is 4.09. The molecule has 4 heteroatoms. The van der Waals surface area contributed by atoms with Crippen LogP contribution in [0, 0.1) is 6.92 Å². The van der Waals surface area contributed by atoms with Crippen LogP contribution in [0.25, 0.3) is 0 Å². The van der Waals surface area contributed by atoms with Crippen LogP contribution in [0.2, 0.25) is 0 Å². The Balaban J connectivity index is 2.71. The Bertz CT molecular complexity index is 490. The molecule has 1 aromatic rings. The first-order chi connectivity index (χ1) is 9.06. The van der Waals surface area contributed by atoms with Crippen LogP contribution in [0.3, 0.4) is 0 Å². The molecule has 1 N–H and O–H groups in total. The topological polar surface area (TPSA) is 46.5 Å². The molecular formula is C15H20O3S. The number of thioether (sulfide) groups is 1. The fourth-order valence-corrected chi connectivity index (χ4v) is 3.80. The summed E-state index contributed by atoms with van der Waals surface area (Å²) in [5.74, 6) is 0.0281. The van der Waals surface area contributed by atoms with E-state index in [0.717, 1.165) is 34.6 Å². The molecule has 1 fully saturated rings. The summed E-state index contributed by atoms with van der Waals surface area (Å²) in [6.45, 7) is 1.97. The fraction of sp³-hybridized carbons (Fsp3) is 0.533.